The molecule has 3 nitrogen and oxygen atoms in total. The van der Waals surface area contributed by atoms with Crippen molar-refractivity contribution in [3.8, 4) is 0 Å². The summed E-state index contributed by atoms with van der Waals surface area (Å²) >= 11 is 8.34. The first-order chi connectivity index (χ1) is 12.8. The summed E-state index contributed by atoms with van der Waals surface area (Å²) in [6.07, 6.45) is 1.40. The van der Waals surface area contributed by atoms with E-state index >= 15 is 0 Å². The van der Waals surface area contributed by atoms with E-state index in [2.05, 4.69) is 18.2 Å². The molecule has 0 radical (unpaired) electrons. The van der Waals surface area contributed by atoms with Gasteiger partial charge in [0.2, 0.25) is 0 Å². The van der Waals surface area contributed by atoms with Crippen molar-refractivity contribution in [3.05, 3.63) is 64.2 Å². The Morgan fingerprint density at radius 3 is 2.52 bits per heavy atom. The summed E-state index contributed by atoms with van der Waals surface area (Å²) in [7, 11) is 0. The first-order valence-corrected chi connectivity index (χ1v) is 10.6. The topological polar surface area (TPSA) is 29.5 Å². The van der Waals surface area contributed by atoms with Crippen LogP contribution in [0, 0.1) is 0 Å². The number of amides is 1. The lowest BCUT2D eigenvalue weighted by Crippen LogP contribution is -2.38. The van der Waals surface area contributed by atoms with Crippen molar-refractivity contribution in [2.24, 2.45) is 0 Å². The number of hydrogen-bond donors (Lipinski definition) is 0. The van der Waals surface area contributed by atoms with E-state index < -0.39 is 5.60 Å². The largest absolute Gasteiger partial charge is 0.444 e. The van der Waals surface area contributed by atoms with Gasteiger partial charge in [-0.1, -0.05) is 35.9 Å². The van der Waals surface area contributed by atoms with Gasteiger partial charge in [-0.15, -0.1) is 11.8 Å². The minimum atomic E-state index is -0.475. The summed E-state index contributed by atoms with van der Waals surface area (Å²) in [5.74, 6) is 0.832. The van der Waals surface area contributed by atoms with Crippen molar-refractivity contribution < 1.29 is 9.53 Å². The minimum absolute atomic E-state index is 0.235. The van der Waals surface area contributed by atoms with Crippen LogP contribution in [0.15, 0.2) is 47.4 Å². The SMILES string of the molecule is CC(C)(C)OC(=O)N1CCc2ccc(Cl)c(CSc3ccccc3)c2CC1. The van der Waals surface area contributed by atoms with Gasteiger partial charge in [-0.05, 0) is 68.5 Å². The molecule has 0 saturated heterocycles. The van der Waals surface area contributed by atoms with Crippen LogP contribution in [0.4, 0.5) is 4.79 Å². The number of halogens is 1. The Morgan fingerprint density at radius 2 is 1.81 bits per heavy atom. The summed E-state index contributed by atoms with van der Waals surface area (Å²) in [5, 5.41) is 0.808. The standard InChI is InChI=1S/C22H26ClNO2S/c1-22(2,3)26-21(25)24-13-11-16-9-10-20(23)19(18(16)12-14-24)15-27-17-7-5-4-6-8-17/h4-10H,11-15H2,1-3H3. The second kappa shape index (κ2) is 8.57. The lowest BCUT2D eigenvalue weighted by atomic mass is 9.98. The Morgan fingerprint density at radius 1 is 1.11 bits per heavy atom. The number of carbonyl (C=O) groups excluding carboxylic acids is 1. The molecular weight excluding hydrogens is 378 g/mol. The molecule has 1 aliphatic heterocycles. The first kappa shape index (κ1) is 20.1. The van der Waals surface area contributed by atoms with Crippen molar-refractivity contribution >= 4 is 29.5 Å². The molecule has 0 aromatic heterocycles. The molecule has 0 unspecified atom stereocenters. The van der Waals surface area contributed by atoms with Gasteiger partial charge in [0.05, 0.1) is 0 Å². The number of thioether (sulfide) groups is 1. The monoisotopic (exact) mass is 403 g/mol. The fraction of sp³-hybridized carbons (Fsp3) is 0.409. The molecule has 0 saturated carbocycles. The van der Waals surface area contributed by atoms with Gasteiger partial charge in [0, 0.05) is 28.8 Å². The van der Waals surface area contributed by atoms with Crippen LogP contribution in [0.5, 0.6) is 0 Å². The van der Waals surface area contributed by atoms with Gasteiger partial charge >= 0.3 is 6.09 Å². The van der Waals surface area contributed by atoms with Gasteiger partial charge in [0.25, 0.3) is 0 Å². The smallest absolute Gasteiger partial charge is 0.410 e. The van der Waals surface area contributed by atoms with Crippen molar-refractivity contribution in [1.82, 2.24) is 4.90 Å². The van der Waals surface area contributed by atoms with E-state index in [0.717, 1.165) is 23.6 Å². The van der Waals surface area contributed by atoms with Gasteiger partial charge in [-0.3, -0.25) is 0 Å². The molecule has 0 spiro atoms. The highest BCUT2D eigenvalue weighted by Crippen LogP contribution is 2.32. The molecule has 2 aromatic carbocycles. The predicted molar refractivity (Wildman–Crippen MR) is 113 cm³/mol. The Hall–Kier alpha value is -1.65. The van der Waals surface area contributed by atoms with E-state index in [1.165, 1.54) is 21.6 Å². The average molecular weight is 404 g/mol. The third-order valence-electron chi connectivity index (χ3n) is 4.53. The summed E-state index contributed by atoms with van der Waals surface area (Å²) < 4.78 is 5.55. The molecule has 0 N–H and O–H groups in total. The highest BCUT2D eigenvalue weighted by molar-refractivity contribution is 7.98. The van der Waals surface area contributed by atoms with E-state index in [1.54, 1.807) is 11.8 Å². The highest BCUT2D eigenvalue weighted by atomic mass is 35.5. The van der Waals surface area contributed by atoms with Gasteiger partial charge in [-0.25, -0.2) is 4.79 Å². The zero-order valence-corrected chi connectivity index (χ0v) is 17.7. The Balaban J connectivity index is 1.75. The molecule has 2 aromatic rings. The average Bonchev–Trinajstić information content (AvgIpc) is 2.83. The van der Waals surface area contributed by atoms with Crippen LogP contribution in [0.25, 0.3) is 0 Å². The molecule has 5 heteroatoms. The Labute approximate surface area is 171 Å². The van der Waals surface area contributed by atoms with Crippen molar-refractivity contribution in [2.45, 2.75) is 49.9 Å². The predicted octanol–water partition coefficient (Wildman–Crippen LogP) is 5.97. The van der Waals surface area contributed by atoms with Crippen molar-refractivity contribution in [1.29, 1.82) is 0 Å². The Bertz CT molecular complexity index is 802. The lowest BCUT2D eigenvalue weighted by molar-refractivity contribution is 0.0258. The fourth-order valence-electron chi connectivity index (χ4n) is 3.21. The number of hydrogen-bond acceptors (Lipinski definition) is 3. The molecule has 27 heavy (non-hydrogen) atoms. The van der Waals surface area contributed by atoms with Crippen molar-refractivity contribution in [2.75, 3.05) is 13.1 Å². The van der Waals surface area contributed by atoms with E-state index in [9.17, 15) is 4.79 Å². The molecule has 0 fully saturated rings. The van der Waals surface area contributed by atoms with Crippen LogP contribution in [0.3, 0.4) is 0 Å². The lowest BCUT2D eigenvalue weighted by Gasteiger charge is -2.26. The summed E-state index contributed by atoms with van der Waals surface area (Å²) in [6, 6.07) is 14.4. The molecule has 0 bridgehead atoms. The number of nitrogens with zero attached hydrogens (tertiary/aromatic N) is 1. The zero-order chi connectivity index (χ0) is 19.4. The number of benzene rings is 2. The van der Waals surface area contributed by atoms with Crippen LogP contribution in [0.2, 0.25) is 5.02 Å². The normalized spacial score (nSPS) is 14.4. The van der Waals surface area contributed by atoms with Crippen LogP contribution in [-0.2, 0) is 23.3 Å². The van der Waals surface area contributed by atoms with Gasteiger partial charge in [0.15, 0.2) is 0 Å². The van der Waals surface area contributed by atoms with Crippen LogP contribution >= 0.6 is 23.4 Å². The van der Waals surface area contributed by atoms with Gasteiger partial charge in [0.1, 0.15) is 5.60 Å². The maximum atomic E-state index is 12.5. The third kappa shape index (κ3) is 5.43. The molecule has 1 aliphatic rings. The quantitative estimate of drug-likeness (QED) is 0.591. The highest BCUT2D eigenvalue weighted by Gasteiger charge is 2.25. The van der Waals surface area contributed by atoms with E-state index in [1.807, 2.05) is 49.9 Å². The van der Waals surface area contributed by atoms with Crippen molar-refractivity contribution in [3.63, 3.8) is 0 Å². The number of carbonyl (C=O) groups is 1. The molecule has 3 rings (SSSR count). The number of rotatable bonds is 3. The number of ether oxygens (including phenoxy) is 1. The van der Waals surface area contributed by atoms with Crippen LogP contribution < -0.4 is 0 Å². The molecular formula is C22H26ClNO2S. The summed E-state index contributed by atoms with van der Waals surface area (Å²) in [6.45, 7) is 7.03. The van der Waals surface area contributed by atoms with E-state index in [-0.39, 0.29) is 6.09 Å². The van der Waals surface area contributed by atoms with Gasteiger partial charge in [-0.2, -0.15) is 0 Å². The second-order valence-electron chi connectivity index (χ2n) is 7.73. The maximum Gasteiger partial charge on any atom is 0.410 e. The minimum Gasteiger partial charge on any atom is -0.444 e. The Kier molecular flexibility index (Phi) is 6.38. The summed E-state index contributed by atoms with van der Waals surface area (Å²) in [4.78, 5) is 15.5. The third-order valence-corrected chi connectivity index (χ3v) is 5.92. The van der Waals surface area contributed by atoms with Gasteiger partial charge < -0.3 is 9.64 Å². The maximum absolute atomic E-state index is 12.5. The van der Waals surface area contributed by atoms with E-state index in [0.29, 0.717) is 13.1 Å². The molecule has 0 aliphatic carbocycles. The van der Waals surface area contributed by atoms with Crippen LogP contribution in [0.1, 0.15) is 37.5 Å². The zero-order valence-electron chi connectivity index (χ0n) is 16.1. The molecule has 144 valence electrons. The second-order valence-corrected chi connectivity index (χ2v) is 9.19. The van der Waals surface area contributed by atoms with E-state index in [4.69, 9.17) is 16.3 Å². The van der Waals surface area contributed by atoms with Crippen LogP contribution in [-0.4, -0.2) is 29.7 Å². The fourth-order valence-corrected chi connectivity index (χ4v) is 4.52. The number of fused-ring (bicyclic) bond motifs is 1. The summed E-state index contributed by atoms with van der Waals surface area (Å²) in [5.41, 5.74) is 3.29. The molecule has 0 atom stereocenters. The molecule has 1 amide bonds. The first-order valence-electron chi connectivity index (χ1n) is 9.28. The molecule has 1 heterocycles.